The van der Waals surface area contributed by atoms with Crippen LogP contribution in [0.5, 0.6) is 0 Å². The summed E-state index contributed by atoms with van der Waals surface area (Å²) < 4.78 is 16.5. The molecule has 1 aromatic heterocycles. The lowest BCUT2D eigenvalue weighted by Gasteiger charge is -2.29. The minimum atomic E-state index is -0.672. The molecule has 1 fully saturated rings. The Balaban J connectivity index is 1.57. The molecule has 34 heavy (non-hydrogen) atoms. The van der Waals surface area contributed by atoms with Gasteiger partial charge in [-0.3, -0.25) is 14.9 Å². The zero-order chi connectivity index (χ0) is 23.8. The fourth-order valence-electron chi connectivity index (χ4n) is 4.08. The number of thiocarbonyl (C=S) groups is 1. The number of carbonyl (C=O) groups excluding carboxylic acids is 2. The predicted molar refractivity (Wildman–Crippen MR) is 135 cm³/mol. The standard InChI is InChI=1S/C27H20FN3O2S/c1-17-10-12-18(13-11-17)15-30-16-19(20-6-2-4-8-23(20)30)14-21-25(32)29-27(34)31(26(21)33)24-9-5-3-7-22(24)28/h2-14,16H,15H2,1H3,(H,29,32,34)/b21-14-. The average molecular weight is 470 g/mol. The van der Waals surface area contributed by atoms with Crippen LogP contribution in [0, 0.1) is 12.7 Å². The second-order valence-electron chi connectivity index (χ2n) is 8.12. The first-order valence-electron chi connectivity index (χ1n) is 10.7. The lowest BCUT2D eigenvalue weighted by molar-refractivity contribution is -0.122. The van der Waals surface area contributed by atoms with E-state index in [0.29, 0.717) is 12.1 Å². The fourth-order valence-corrected chi connectivity index (χ4v) is 4.35. The van der Waals surface area contributed by atoms with Crippen LogP contribution < -0.4 is 10.2 Å². The Morgan fingerprint density at radius 3 is 2.44 bits per heavy atom. The molecule has 3 aromatic carbocycles. The van der Waals surface area contributed by atoms with Crippen LogP contribution in [-0.4, -0.2) is 21.5 Å². The topological polar surface area (TPSA) is 54.3 Å². The van der Waals surface area contributed by atoms with Gasteiger partial charge in [0.2, 0.25) is 0 Å². The van der Waals surface area contributed by atoms with Gasteiger partial charge in [0.15, 0.2) is 5.11 Å². The summed E-state index contributed by atoms with van der Waals surface area (Å²) in [7, 11) is 0. The van der Waals surface area contributed by atoms with E-state index in [-0.39, 0.29) is 16.4 Å². The first-order chi connectivity index (χ1) is 16.4. The lowest BCUT2D eigenvalue weighted by Crippen LogP contribution is -2.54. The van der Waals surface area contributed by atoms with E-state index in [1.54, 1.807) is 12.1 Å². The third-order valence-electron chi connectivity index (χ3n) is 5.79. The van der Waals surface area contributed by atoms with E-state index < -0.39 is 17.6 Å². The lowest BCUT2D eigenvalue weighted by atomic mass is 10.1. The molecule has 5 nitrogen and oxygen atoms in total. The van der Waals surface area contributed by atoms with Crippen molar-refractivity contribution in [2.24, 2.45) is 0 Å². The minimum Gasteiger partial charge on any atom is -0.342 e. The first kappa shape index (κ1) is 21.7. The number of hydrogen-bond acceptors (Lipinski definition) is 3. The SMILES string of the molecule is Cc1ccc(Cn2cc(/C=C3/C(=O)NC(=S)N(c4ccccc4F)C3=O)c3ccccc32)cc1. The molecule has 0 unspecified atom stereocenters. The van der Waals surface area contributed by atoms with Crippen LogP contribution in [0.2, 0.25) is 0 Å². The van der Waals surface area contributed by atoms with Crippen molar-refractivity contribution in [1.29, 1.82) is 0 Å². The molecule has 0 atom stereocenters. The number of para-hydroxylation sites is 2. The monoisotopic (exact) mass is 469 g/mol. The van der Waals surface area contributed by atoms with Gasteiger partial charge in [0.05, 0.1) is 5.69 Å². The summed E-state index contributed by atoms with van der Waals surface area (Å²) in [6, 6.07) is 21.9. The summed E-state index contributed by atoms with van der Waals surface area (Å²) in [5.41, 5.74) is 3.88. The highest BCUT2D eigenvalue weighted by Crippen LogP contribution is 2.28. The molecule has 2 amide bonds. The Morgan fingerprint density at radius 1 is 0.971 bits per heavy atom. The Hall–Kier alpha value is -4.10. The predicted octanol–water partition coefficient (Wildman–Crippen LogP) is 4.97. The van der Waals surface area contributed by atoms with Crippen molar-refractivity contribution < 1.29 is 14.0 Å². The van der Waals surface area contributed by atoms with Crippen LogP contribution >= 0.6 is 12.2 Å². The molecule has 4 aromatic rings. The summed E-state index contributed by atoms with van der Waals surface area (Å²) in [4.78, 5) is 27.1. The van der Waals surface area contributed by atoms with E-state index in [9.17, 15) is 14.0 Å². The van der Waals surface area contributed by atoms with E-state index in [1.807, 2.05) is 37.4 Å². The molecule has 1 N–H and O–H groups in total. The number of hydrogen-bond donors (Lipinski definition) is 1. The molecule has 0 aliphatic carbocycles. The van der Waals surface area contributed by atoms with Crippen LogP contribution in [0.25, 0.3) is 17.0 Å². The summed E-state index contributed by atoms with van der Waals surface area (Å²) in [6.07, 6.45) is 3.46. The molecule has 0 spiro atoms. The molecule has 5 rings (SSSR count). The van der Waals surface area contributed by atoms with Crippen molar-refractivity contribution >= 4 is 51.8 Å². The highest BCUT2D eigenvalue weighted by Gasteiger charge is 2.35. The molecule has 1 aliphatic rings. The molecular formula is C27H20FN3O2S. The third kappa shape index (κ3) is 3.91. The summed E-state index contributed by atoms with van der Waals surface area (Å²) >= 11 is 5.18. The van der Waals surface area contributed by atoms with Gasteiger partial charge in [-0.2, -0.15) is 0 Å². The van der Waals surface area contributed by atoms with Gasteiger partial charge in [-0.15, -0.1) is 0 Å². The number of aryl methyl sites for hydroxylation is 1. The molecule has 0 radical (unpaired) electrons. The van der Waals surface area contributed by atoms with Crippen LogP contribution in [0.3, 0.4) is 0 Å². The average Bonchev–Trinajstić information content (AvgIpc) is 3.16. The number of nitrogens with zero attached hydrogens (tertiary/aromatic N) is 2. The van der Waals surface area contributed by atoms with Crippen molar-refractivity contribution in [2.45, 2.75) is 13.5 Å². The van der Waals surface area contributed by atoms with Gasteiger partial charge in [0.25, 0.3) is 11.8 Å². The highest BCUT2D eigenvalue weighted by molar-refractivity contribution is 7.80. The molecular weight excluding hydrogens is 449 g/mol. The number of amides is 2. The number of carbonyl (C=O) groups is 2. The van der Waals surface area contributed by atoms with Crippen LogP contribution in [0.4, 0.5) is 10.1 Å². The summed E-state index contributed by atoms with van der Waals surface area (Å²) in [5, 5.41) is 3.25. The van der Waals surface area contributed by atoms with Crippen molar-refractivity contribution in [3.8, 4) is 0 Å². The maximum atomic E-state index is 14.4. The zero-order valence-electron chi connectivity index (χ0n) is 18.3. The number of rotatable bonds is 4. The smallest absolute Gasteiger partial charge is 0.270 e. The first-order valence-corrected chi connectivity index (χ1v) is 11.1. The van der Waals surface area contributed by atoms with E-state index in [0.717, 1.165) is 21.4 Å². The second-order valence-corrected chi connectivity index (χ2v) is 8.51. The number of benzene rings is 3. The molecule has 1 saturated heterocycles. The Bertz CT molecular complexity index is 1490. The summed E-state index contributed by atoms with van der Waals surface area (Å²) in [6.45, 7) is 2.68. The van der Waals surface area contributed by atoms with E-state index in [1.165, 1.54) is 23.8 Å². The fraction of sp³-hybridized carbons (Fsp3) is 0.0741. The number of halogens is 1. The number of nitrogens with one attached hydrogen (secondary N) is 1. The molecule has 7 heteroatoms. The minimum absolute atomic E-state index is 0.00907. The number of anilines is 1. The highest BCUT2D eigenvalue weighted by atomic mass is 32.1. The molecule has 168 valence electrons. The van der Waals surface area contributed by atoms with Crippen LogP contribution in [0.1, 0.15) is 16.7 Å². The maximum absolute atomic E-state index is 14.4. The van der Waals surface area contributed by atoms with Crippen molar-refractivity contribution in [2.75, 3.05) is 4.90 Å². The second kappa shape index (κ2) is 8.68. The summed E-state index contributed by atoms with van der Waals surface area (Å²) in [5.74, 6) is -1.89. The molecule has 2 heterocycles. The van der Waals surface area contributed by atoms with Gasteiger partial charge in [0, 0.05) is 29.2 Å². The quantitative estimate of drug-likeness (QED) is 0.261. The molecule has 0 saturated carbocycles. The Labute approximate surface area is 201 Å². The Kier molecular flexibility index (Phi) is 5.55. The van der Waals surface area contributed by atoms with Crippen LogP contribution in [-0.2, 0) is 16.1 Å². The maximum Gasteiger partial charge on any atom is 0.270 e. The Morgan fingerprint density at radius 2 is 1.68 bits per heavy atom. The van der Waals surface area contributed by atoms with Crippen LogP contribution in [0.15, 0.2) is 84.6 Å². The largest absolute Gasteiger partial charge is 0.342 e. The van der Waals surface area contributed by atoms with E-state index in [2.05, 4.69) is 34.1 Å². The number of aromatic nitrogens is 1. The van der Waals surface area contributed by atoms with Gasteiger partial charge in [-0.25, -0.2) is 9.29 Å². The third-order valence-corrected chi connectivity index (χ3v) is 6.07. The van der Waals surface area contributed by atoms with Crippen molar-refractivity contribution in [1.82, 2.24) is 9.88 Å². The van der Waals surface area contributed by atoms with E-state index >= 15 is 0 Å². The van der Waals surface area contributed by atoms with Gasteiger partial charge >= 0.3 is 0 Å². The van der Waals surface area contributed by atoms with Gasteiger partial charge in [-0.1, -0.05) is 60.2 Å². The van der Waals surface area contributed by atoms with Gasteiger partial charge < -0.3 is 4.57 Å². The van der Waals surface area contributed by atoms with Crippen molar-refractivity contribution in [3.05, 3.63) is 107 Å². The van der Waals surface area contributed by atoms with Gasteiger partial charge in [0.1, 0.15) is 11.4 Å². The molecule has 1 aliphatic heterocycles. The normalized spacial score (nSPS) is 15.3. The van der Waals surface area contributed by atoms with Crippen molar-refractivity contribution in [3.63, 3.8) is 0 Å². The zero-order valence-corrected chi connectivity index (χ0v) is 19.1. The molecule has 0 bridgehead atoms. The van der Waals surface area contributed by atoms with E-state index in [4.69, 9.17) is 12.2 Å². The van der Waals surface area contributed by atoms with Gasteiger partial charge in [-0.05, 0) is 49.0 Å². The number of fused-ring (bicyclic) bond motifs is 1.